The molecule has 144 valence electrons. The third-order valence-electron chi connectivity index (χ3n) is 3.71. The fourth-order valence-corrected chi connectivity index (χ4v) is 2.17. The molecule has 2 aromatic rings. The van der Waals surface area contributed by atoms with E-state index in [-0.39, 0.29) is 18.3 Å². The normalized spacial score (nSPS) is 10.4. The second-order valence-corrected chi connectivity index (χ2v) is 5.87. The number of rotatable bonds is 7. The maximum Gasteiger partial charge on any atom is 0.387 e. The molecule has 0 saturated carbocycles. The number of likely N-dealkylation sites (N-methyl/N-ethyl adjacent to an activating group) is 1. The molecule has 0 aliphatic heterocycles. The standard InChI is InChI=1S/C19H20F2N2O4/c1-12-15(8-5-9-16(12)27-19(20)21)22-18(25)13-6-4-7-14(10-13)26-11-17(24)23(2)3/h4-10,19H,11H2,1-3H3,(H,22,25). The summed E-state index contributed by atoms with van der Waals surface area (Å²) in [6, 6.07) is 10.8. The summed E-state index contributed by atoms with van der Waals surface area (Å²) in [5.74, 6) is -0.306. The first-order valence-corrected chi connectivity index (χ1v) is 8.06. The molecule has 0 bridgehead atoms. The number of benzene rings is 2. The number of carbonyl (C=O) groups is 2. The van der Waals surface area contributed by atoms with E-state index in [0.717, 1.165) is 0 Å². The molecule has 2 aromatic carbocycles. The molecular weight excluding hydrogens is 358 g/mol. The van der Waals surface area contributed by atoms with Crippen LogP contribution in [0.1, 0.15) is 15.9 Å². The lowest BCUT2D eigenvalue weighted by molar-refractivity contribution is -0.130. The van der Waals surface area contributed by atoms with Gasteiger partial charge < -0.3 is 19.7 Å². The van der Waals surface area contributed by atoms with Crippen LogP contribution in [0.4, 0.5) is 14.5 Å². The molecule has 0 heterocycles. The number of hydrogen-bond donors (Lipinski definition) is 1. The molecule has 0 saturated heterocycles. The molecule has 6 nitrogen and oxygen atoms in total. The average Bonchev–Trinajstić information content (AvgIpc) is 2.62. The molecule has 0 unspecified atom stereocenters. The molecule has 0 spiro atoms. The number of halogens is 2. The summed E-state index contributed by atoms with van der Waals surface area (Å²) < 4.78 is 34.7. The lowest BCUT2D eigenvalue weighted by Gasteiger charge is -2.14. The number of hydrogen-bond acceptors (Lipinski definition) is 4. The van der Waals surface area contributed by atoms with Gasteiger partial charge in [-0.2, -0.15) is 8.78 Å². The highest BCUT2D eigenvalue weighted by Gasteiger charge is 2.14. The summed E-state index contributed by atoms with van der Waals surface area (Å²) in [4.78, 5) is 25.4. The van der Waals surface area contributed by atoms with Crippen LogP contribution in [0.5, 0.6) is 11.5 Å². The molecule has 0 aliphatic rings. The SMILES string of the molecule is Cc1c(NC(=O)c2cccc(OCC(=O)N(C)C)c2)cccc1OC(F)F. The Labute approximate surface area is 155 Å². The third-order valence-corrected chi connectivity index (χ3v) is 3.71. The molecular formula is C19H20F2N2O4. The minimum atomic E-state index is -2.95. The Bertz CT molecular complexity index is 825. The maximum atomic E-state index is 12.5. The van der Waals surface area contributed by atoms with Crippen molar-refractivity contribution in [1.82, 2.24) is 4.90 Å². The van der Waals surface area contributed by atoms with Crippen LogP contribution in [-0.4, -0.2) is 44.0 Å². The average molecular weight is 378 g/mol. The van der Waals surface area contributed by atoms with Crippen molar-refractivity contribution in [2.75, 3.05) is 26.0 Å². The number of ether oxygens (including phenoxy) is 2. The van der Waals surface area contributed by atoms with Gasteiger partial charge in [-0.3, -0.25) is 9.59 Å². The van der Waals surface area contributed by atoms with E-state index >= 15 is 0 Å². The molecule has 2 amide bonds. The topological polar surface area (TPSA) is 67.9 Å². The number of carbonyl (C=O) groups excluding carboxylic acids is 2. The molecule has 0 atom stereocenters. The van der Waals surface area contributed by atoms with Crippen LogP contribution in [0.15, 0.2) is 42.5 Å². The number of anilines is 1. The Kier molecular flexibility index (Phi) is 6.70. The summed E-state index contributed by atoms with van der Waals surface area (Å²) in [5.41, 5.74) is 1.03. The van der Waals surface area contributed by atoms with Gasteiger partial charge in [0, 0.05) is 30.9 Å². The minimum absolute atomic E-state index is 0.0120. The summed E-state index contributed by atoms with van der Waals surface area (Å²) >= 11 is 0. The summed E-state index contributed by atoms with van der Waals surface area (Å²) in [6.45, 7) is -1.53. The maximum absolute atomic E-state index is 12.5. The van der Waals surface area contributed by atoms with Crippen LogP contribution < -0.4 is 14.8 Å². The van der Waals surface area contributed by atoms with E-state index in [1.165, 1.54) is 23.1 Å². The van der Waals surface area contributed by atoms with Gasteiger partial charge in [-0.05, 0) is 37.3 Å². The number of alkyl halides is 2. The Hall–Kier alpha value is -3.16. The van der Waals surface area contributed by atoms with Crippen LogP contribution in [-0.2, 0) is 4.79 Å². The summed E-state index contributed by atoms with van der Waals surface area (Å²) in [6.07, 6.45) is 0. The van der Waals surface area contributed by atoms with Crippen molar-refractivity contribution in [3.63, 3.8) is 0 Å². The van der Waals surface area contributed by atoms with Crippen molar-refractivity contribution >= 4 is 17.5 Å². The van der Waals surface area contributed by atoms with Gasteiger partial charge in [-0.1, -0.05) is 12.1 Å². The van der Waals surface area contributed by atoms with Gasteiger partial charge in [-0.15, -0.1) is 0 Å². The second-order valence-electron chi connectivity index (χ2n) is 5.87. The van der Waals surface area contributed by atoms with E-state index in [4.69, 9.17) is 4.74 Å². The van der Waals surface area contributed by atoms with Crippen LogP contribution >= 0.6 is 0 Å². The number of amides is 2. The van der Waals surface area contributed by atoms with E-state index in [2.05, 4.69) is 10.1 Å². The van der Waals surface area contributed by atoms with Gasteiger partial charge in [0.25, 0.3) is 11.8 Å². The molecule has 0 radical (unpaired) electrons. The van der Waals surface area contributed by atoms with Crippen LogP contribution in [0.25, 0.3) is 0 Å². The fourth-order valence-electron chi connectivity index (χ4n) is 2.17. The van der Waals surface area contributed by atoms with Crippen LogP contribution in [0, 0.1) is 6.92 Å². The lowest BCUT2D eigenvalue weighted by Crippen LogP contribution is -2.27. The smallest absolute Gasteiger partial charge is 0.387 e. The first-order chi connectivity index (χ1) is 12.8. The third kappa shape index (κ3) is 5.67. The number of nitrogens with one attached hydrogen (secondary N) is 1. The predicted octanol–water partition coefficient (Wildman–Crippen LogP) is 3.32. The zero-order chi connectivity index (χ0) is 20.0. The Balaban J connectivity index is 2.10. The lowest BCUT2D eigenvalue weighted by atomic mass is 10.1. The van der Waals surface area contributed by atoms with Crippen molar-refractivity contribution in [2.45, 2.75) is 13.5 Å². The van der Waals surface area contributed by atoms with Crippen molar-refractivity contribution in [3.05, 3.63) is 53.6 Å². The predicted molar refractivity (Wildman–Crippen MR) is 96.4 cm³/mol. The van der Waals surface area contributed by atoms with E-state index in [1.54, 1.807) is 45.3 Å². The highest BCUT2D eigenvalue weighted by atomic mass is 19.3. The van der Waals surface area contributed by atoms with Crippen LogP contribution in [0.2, 0.25) is 0 Å². The first kappa shape index (κ1) is 20.2. The van der Waals surface area contributed by atoms with E-state index in [0.29, 0.717) is 22.6 Å². The van der Waals surface area contributed by atoms with Gasteiger partial charge in [0.2, 0.25) is 0 Å². The first-order valence-electron chi connectivity index (χ1n) is 8.06. The zero-order valence-electron chi connectivity index (χ0n) is 15.2. The quantitative estimate of drug-likeness (QED) is 0.803. The molecule has 2 rings (SSSR count). The Morgan fingerprint density at radius 2 is 1.85 bits per heavy atom. The molecule has 1 N–H and O–H groups in total. The van der Waals surface area contributed by atoms with Crippen LogP contribution in [0.3, 0.4) is 0 Å². The summed E-state index contributed by atoms with van der Waals surface area (Å²) in [5, 5.41) is 2.66. The molecule has 0 aromatic heterocycles. The van der Waals surface area contributed by atoms with Crippen molar-refractivity contribution in [1.29, 1.82) is 0 Å². The van der Waals surface area contributed by atoms with Gasteiger partial charge in [-0.25, -0.2) is 0 Å². The monoisotopic (exact) mass is 378 g/mol. The Morgan fingerprint density at radius 1 is 1.15 bits per heavy atom. The number of nitrogens with zero attached hydrogens (tertiary/aromatic N) is 1. The van der Waals surface area contributed by atoms with Gasteiger partial charge in [0.1, 0.15) is 11.5 Å². The fraction of sp³-hybridized carbons (Fsp3) is 0.263. The molecule has 8 heteroatoms. The second kappa shape index (κ2) is 8.98. The van der Waals surface area contributed by atoms with Crippen molar-refractivity contribution < 1.29 is 27.8 Å². The largest absolute Gasteiger partial charge is 0.484 e. The zero-order valence-corrected chi connectivity index (χ0v) is 15.2. The van der Waals surface area contributed by atoms with Crippen molar-refractivity contribution in [2.24, 2.45) is 0 Å². The molecule has 27 heavy (non-hydrogen) atoms. The van der Waals surface area contributed by atoms with E-state index in [9.17, 15) is 18.4 Å². The Morgan fingerprint density at radius 3 is 2.52 bits per heavy atom. The van der Waals surface area contributed by atoms with Crippen molar-refractivity contribution in [3.8, 4) is 11.5 Å². The van der Waals surface area contributed by atoms with Gasteiger partial charge >= 0.3 is 6.61 Å². The molecule has 0 fully saturated rings. The van der Waals surface area contributed by atoms with E-state index in [1.807, 2.05) is 0 Å². The van der Waals surface area contributed by atoms with Gasteiger partial charge in [0.15, 0.2) is 6.61 Å². The van der Waals surface area contributed by atoms with E-state index < -0.39 is 12.5 Å². The summed E-state index contributed by atoms with van der Waals surface area (Å²) in [7, 11) is 3.23. The highest BCUT2D eigenvalue weighted by Crippen LogP contribution is 2.27. The highest BCUT2D eigenvalue weighted by molar-refractivity contribution is 6.05. The minimum Gasteiger partial charge on any atom is -0.484 e. The molecule has 0 aliphatic carbocycles. The van der Waals surface area contributed by atoms with Gasteiger partial charge in [0.05, 0.1) is 0 Å².